The molecule has 1 saturated heterocycles. The van der Waals surface area contributed by atoms with Crippen molar-refractivity contribution in [3.8, 4) is 0 Å². The van der Waals surface area contributed by atoms with Crippen molar-refractivity contribution in [1.82, 2.24) is 10.2 Å². The average molecular weight is 278 g/mol. The van der Waals surface area contributed by atoms with Crippen LogP contribution in [0.25, 0.3) is 0 Å². The molecule has 0 aromatic rings. The van der Waals surface area contributed by atoms with E-state index in [4.69, 9.17) is 0 Å². The molecule has 20 heavy (non-hydrogen) atoms. The molecule has 0 bridgehead atoms. The van der Waals surface area contributed by atoms with Crippen molar-refractivity contribution in [3.63, 3.8) is 0 Å². The van der Waals surface area contributed by atoms with Gasteiger partial charge in [-0.1, -0.05) is 26.7 Å². The molecule has 1 aliphatic heterocycles. The Hall–Kier alpha value is -0.0800. The standard InChI is InChI=1S/C18H34N2/c1-4-18(5-2)13-19-17(3,16-10-11-16)14-20(18)12-15-8-6-7-9-15/h15-16,19H,4-14H2,1-3H3. The lowest BCUT2D eigenvalue weighted by atomic mass is 9.81. The molecule has 2 saturated carbocycles. The Morgan fingerprint density at radius 1 is 1.05 bits per heavy atom. The van der Waals surface area contributed by atoms with Crippen LogP contribution in [0.3, 0.4) is 0 Å². The minimum Gasteiger partial charge on any atom is -0.308 e. The highest BCUT2D eigenvalue weighted by Gasteiger charge is 2.50. The summed E-state index contributed by atoms with van der Waals surface area (Å²) in [6.45, 7) is 11.1. The highest BCUT2D eigenvalue weighted by atomic mass is 15.3. The first-order valence-electron chi connectivity index (χ1n) is 9.12. The van der Waals surface area contributed by atoms with E-state index in [1.54, 1.807) is 0 Å². The number of piperazine rings is 1. The average Bonchev–Trinajstić information content (AvgIpc) is 3.20. The predicted molar refractivity (Wildman–Crippen MR) is 86.0 cm³/mol. The number of nitrogens with zero attached hydrogens (tertiary/aromatic N) is 1. The molecule has 1 atom stereocenters. The number of hydrogen-bond acceptors (Lipinski definition) is 2. The maximum absolute atomic E-state index is 3.96. The van der Waals surface area contributed by atoms with Crippen LogP contribution in [-0.4, -0.2) is 35.6 Å². The quantitative estimate of drug-likeness (QED) is 0.822. The fourth-order valence-electron chi connectivity index (χ4n) is 4.80. The molecule has 116 valence electrons. The topological polar surface area (TPSA) is 15.3 Å². The van der Waals surface area contributed by atoms with Gasteiger partial charge in [-0.15, -0.1) is 0 Å². The summed E-state index contributed by atoms with van der Waals surface area (Å²) >= 11 is 0. The van der Waals surface area contributed by atoms with E-state index in [0.717, 1.165) is 11.8 Å². The van der Waals surface area contributed by atoms with Crippen LogP contribution in [0.4, 0.5) is 0 Å². The van der Waals surface area contributed by atoms with Crippen molar-refractivity contribution >= 4 is 0 Å². The summed E-state index contributed by atoms with van der Waals surface area (Å²) in [6.07, 6.45) is 11.4. The molecule has 3 aliphatic rings. The zero-order chi connectivity index (χ0) is 14.2. The first kappa shape index (κ1) is 14.8. The van der Waals surface area contributed by atoms with Crippen LogP contribution in [0.15, 0.2) is 0 Å². The fraction of sp³-hybridized carbons (Fsp3) is 1.00. The first-order valence-corrected chi connectivity index (χ1v) is 9.12. The van der Waals surface area contributed by atoms with Crippen molar-refractivity contribution < 1.29 is 0 Å². The Bertz CT molecular complexity index is 326. The fourth-order valence-corrected chi connectivity index (χ4v) is 4.80. The summed E-state index contributed by atoms with van der Waals surface area (Å²) in [5.74, 6) is 1.93. The predicted octanol–water partition coefficient (Wildman–Crippen LogP) is 3.81. The minimum atomic E-state index is 0.395. The maximum Gasteiger partial charge on any atom is 0.0329 e. The van der Waals surface area contributed by atoms with Crippen LogP contribution in [0, 0.1) is 11.8 Å². The van der Waals surface area contributed by atoms with Gasteiger partial charge in [0.2, 0.25) is 0 Å². The largest absolute Gasteiger partial charge is 0.308 e. The second-order valence-corrected chi connectivity index (χ2v) is 8.01. The van der Waals surface area contributed by atoms with Crippen molar-refractivity contribution in [2.75, 3.05) is 19.6 Å². The molecule has 1 unspecified atom stereocenters. The molecule has 0 aromatic carbocycles. The van der Waals surface area contributed by atoms with Crippen LogP contribution in [0.5, 0.6) is 0 Å². The number of rotatable bonds is 5. The molecule has 3 fully saturated rings. The molecule has 2 heteroatoms. The van der Waals surface area contributed by atoms with Gasteiger partial charge in [-0.3, -0.25) is 4.90 Å². The summed E-state index contributed by atoms with van der Waals surface area (Å²) in [5.41, 5.74) is 0.823. The van der Waals surface area contributed by atoms with Gasteiger partial charge in [0, 0.05) is 30.7 Å². The van der Waals surface area contributed by atoms with E-state index in [-0.39, 0.29) is 0 Å². The van der Waals surface area contributed by atoms with Crippen LogP contribution in [-0.2, 0) is 0 Å². The van der Waals surface area contributed by atoms with Crippen molar-refractivity contribution in [1.29, 1.82) is 0 Å². The molecule has 1 heterocycles. The van der Waals surface area contributed by atoms with Crippen molar-refractivity contribution in [3.05, 3.63) is 0 Å². The molecule has 2 nitrogen and oxygen atoms in total. The van der Waals surface area contributed by atoms with Gasteiger partial charge < -0.3 is 5.32 Å². The monoisotopic (exact) mass is 278 g/mol. The second kappa shape index (κ2) is 5.61. The summed E-state index contributed by atoms with van der Waals surface area (Å²) in [7, 11) is 0. The highest BCUT2D eigenvalue weighted by molar-refractivity contribution is 5.08. The zero-order valence-corrected chi connectivity index (χ0v) is 13.9. The van der Waals surface area contributed by atoms with E-state index in [1.165, 1.54) is 71.0 Å². The summed E-state index contributed by atoms with van der Waals surface area (Å²) in [6, 6.07) is 0. The van der Waals surface area contributed by atoms with Gasteiger partial charge in [0.05, 0.1) is 0 Å². The number of nitrogens with one attached hydrogen (secondary N) is 1. The van der Waals surface area contributed by atoms with Crippen molar-refractivity contribution in [2.24, 2.45) is 11.8 Å². The van der Waals surface area contributed by atoms with Gasteiger partial charge in [-0.05, 0) is 57.3 Å². The van der Waals surface area contributed by atoms with E-state index in [1.807, 2.05) is 0 Å². The second-order valence-electron chi connectivity index (χ2n) is 8.01. The molecule has 0 radical (unpaired) electrons. The van der Waals surface area contributed by atoms with Gasteiger partial charge in [0.1, 0.15) is 0 Å². The van der Waals surface area contributed by atoms with Gasteiger partial charge in [0.15, 0.2) is 0 Å². The molecule has 1 N–H and O–H groups in total. The van der Waals surface area contributed by atoms with Gasteiger partial charge in [0.25, 0.3) is 0 Å². The Labute approximate surface area is 125 Å². The molecule has 0 spiro atoms. The van der Waals surface area contributed by atoms with E-state index >= 15 is 0 Å². The SMILES string of the molecule is CCC1(CC)CNC(C)(C2CC2)CN1CC1CCCC1. The van der Waals surface area contributed by atoms with Gasteiger partial charge >= 0.3 is 0 Å². The van der Waals surface area contributed by atoms with E-state index in [2.05, 4.69) is 31.0 Å². The van der Waals surface area contributed by atoms with Crippen LogP contribution < -0.4 is 5.32 Å². The van der Waals surface area contributed by atoms with Gasteiger partial charge in [-0.25, -0.2) is 0 Å². The first-order chi connectivity index (χ1) is 9.62. The lowest BCUT2D eigenvalue weighted by Crippen LogP contribution is -2.70. The number of hydrogen-bond donors (Lipinski definition) is 1. The molecule has 0 aromatic heterocycles. The minimum absolute atomic E-state index is 0.395. The third-order valence-corrected chi connectivity index (χ3v) is 6.76. The summed E-state index contributed by atoms with van der Waals surface area (Å²) in [5, 5.41) is 3.96. The molecular weight excluding hydrogens is 244 g/mol. The van der Waals surface area contributed by atoms with E-state index < -0.39 is 0 Å². The summed E-state index contributed by atoms with van der Waals surface area (Å²) < 4.78 is 0. The van der Waals surface area contributed by atoms with Crippen LogP contribution in [0.1, 0.15) is 72.1 Å². The molecule has 0 amide bonds. The van der Waals surface area contributed by atoms with E-state index in [0.29, 0.717) is 11.1 Å². The third-order valence-electron chi connectivity index (χ3n) is 6.76. The van der Waals surface area contributed by atoms with Crippen molar-refractivity contribution in [2.45, 2.75) is 83.2 Å². The highest BCUT2D eigenvalue weighted by Crippen LogP contribution is 2.44. The molecule has 2 aliphatic carbocycles. The molecule has 3 rings (SSSR count). The molecular formula is C18H34N2. The Morgan fingerprint density at radius 2 is 1.70 bits per heavy atom. The maximum atomic E-state index is 3.96. The normalized spacial score (nSPS) is 35.5. The van der Waals surface area contributed by atoms with Gasteiger partial charge in [-0.2, -0.15) is 0 Å². The Balaban J connectivity index is 1.74. The van der Waals surface area contributed by atoms with E-state index in [9.17, 15) is 0 Å². The Kier molecular flexibility index (Phi) is 4.16. The Morgan fingerprint density at radius 3 is 2.25 bits per heavy atom. The smallest absolute Gasteiger partial charge is 0.0329 e. The lowest BCUT2D eigenvalue weighted by molar-refractivity contribution is -0.0132. The third kappa shape index (κ3) is 2.66. The summed E-state index contributed by atoms with van der Waals surface area (Å²) in [4.78, 5) is 2.91. The van der Waals surface area contributed by atoms with Crippen LogP contribution >= 0.6 is 0 Å². The lowest BCUT2D eigenvalue weighted by Gasteiger charge is -2.54. The van der Waals surface area contributed by atoms with Crippen LogP contribution in [0.2, 0.25) is 0 Å². The zero-order valence-electron chi connectivity index (χ0n) is 13.9.